The van der Waals surface area contributed by atoms with E-state index in [2.05, 4.69) is 21.1 Å². The number of benzene rings is 1. The summed E-state index contributed by atoms with van der Waals surface area (Å²) in [6, 6.07) is 9.49. The largest absolute Gasteiger partial charge is 0.322 e. The molecule has 0 saturated heterocycles. The van der Waals surface area contributed by atoms with Crippen molar-refractivity contribution < 1.29 is 9.18 Å². The Morgan fingerprint density at radius 3 is 2.88 bits per heavy atom. The minimum atomic E-state index is -0.544. The van der Waals surface area contributed by atoms with Crippen LogP contribution in [0.3, 0.4) is 0 Å². The van der Waals surface area contributed by atoms with Crippen LogP contribution < -0.4 is 10.0 Å². The highest BCUT2D eigenvalue weighted by Gasteiger charge is 2.43. The van der Waals surface area contributed by atoms with Crippen molar-refractivity contribution in [2.24, 2.45) is 5.41 Å². The predicted octanol–water partition coefficient (Wildman–Crippen LogP) is 4.49. The molecule has 8 heteroatoms. The van der Waals surface area contributed by atoms with Crippen LogP contribution in [0.4, 0.5) is 15.9 Å². The molecule has 1 fully saturated rings. The first-order valence-electron chi connectivity index (χ1n) is 7.53. The fourth-order valence-electron chi connectivity index (χ4n) is 2.09. The third kappa shape index (κ3) is 4.41. The van der Waals surface area contributed by atoms with Gasteiger partial charge >= 0.3 is 0 Å². The Bertz CT molecular complexity index is 851. The fourth-order valence-corrected chi connectivity index (χ4v) is 3.23. The number of anilines is 2. The zero-order valence-corrected chi connectivity index (χ0v) is 14.6. The van der Waals surface area contributed by atoms with Gasteiger partial charge < -0.3 is 10.0 Å². The molecular formula is C17H14ClFN4OS. The summed E-state index contributed by atoms with van der Waals surface area (Å²) in [6.07, 6.45) is 3.37. The molecule has 1 aromatic heterocycles. The van der Waals surface area contributed by atoms with E-state index in [0.29, 0.717) is 22.8 Å². The first-order valence-corrected chi connectivity index (χ1v) is 8.89. The molecule has 0 aliphatic heterocycles. The maximum absolute atomic E-state index is 13.2. The van der Waals surface area contributed by atoms with Crippen LogP contribution >= 0.6 is 23.5 Å². The zero-order chi connectivity index (χ0) is 17.9. The predicted molar refractivity (Wildman–Crippen MR) is 97.0 cm³/mol. The normalized spacial score (nSPS) is 14.4. The lowest BCUT2D eigenvalue weighted by Gasteiger charge is -2.09. The molecule has 0 spiro atoms. The van der Waals surface area contributed by atoms with Crippen LogP contribution in [0.15, 0.2) is 36.5 Å². The second kappa shape index (κ2) is 7.30. The molecule has 0 unspecified atom stereocenters. The Kier molecular flexibility index (Phi) is 5.11. The lowest BCUT2D eigenvalue weighted by atomic mass is 10.2. The van der Waals surface area contributed by atoms with E-state index in [1.807, 2.05) is 0 Å². The van der Waals surface area contributed by atoms with Crippen molar-refractivity contribution in [2.75, 3.05) is 15.8 Å². The number of amides is 1. The van der Waals surface area contributed by atoms with Crippen LogP contribution in [0.2, 0.25) is 5.02 Å². The number of rotatable bonds is 6. The van der Waals surface area contributed by atoms with E-state index >= 15 is 0 Å². The van der Waals surface area contributed by atoms with E-state index in [0.717, 1.165) is 12.8 Å². The van der Waals surface area contributed by atoms with Gasteiger partial charge in [-0.25, -0.2) is 9.37 Å². The summed E-state index contributed by atoms with van der Waals surface area (Å²) in [5.74, 6) is 0.311. The second-order valence-electron chi connectivity index (χ2n) is 5.80. The summed E-state index contributed by atoms with van der Waals surface area (Å²) in [5, 5.41) is 11.7. The topological polar surface area (TPSA) is 77.8 Å². The van der Waals surface area contributed by atoms with Crippen molar-refractivity contribution in [2.45, 2.75) is 12.8 Å². The lowest BCUT2D eigenvalue weighted by Crippen LogP contribution is -2.12. The number of hydrogen-bond acceptors (Lipinski definition) is 5. The van der Waals surface area contributed by atoms with Gasteiger partial charge in [0.05, 0.1) is 16.5 Å². The SMILES string of the molecule is N#CC1(CSNc2cc(C(=O)Nc3ccc(F)c(Cl)c3)ccn2)CC1. The van der Waals surface area contributed by atoms with Crippen molar-refractivity contribution in [1.82, 2.24) is 4.98 Å². The summed E-state index contributed by atoms with van der Waals surface area (Å²) < 4.78 is 16.2. The highest BCUT2D eigenvalue weighted by Crippen LogP contribution is 2.47. The summed E-state index contributed by atoms with van der Waals surface area (Å²) in [7, 11) is 0. The van der Waals surface area contributed by atoms with E-state index in [4.69, 9.17) is 16.9 Å². The molecule has 1 heterocycles. The van der Waals surface area contributed by atoms with E-state index in [1.54, 1.807) is 12.1 Å². The number of carbonyl (C=O) groups excluding carboxylic acids is 1. The van der Waals surface area contributed by atoms with Crippen molar-refractivity contribution in [3.8, 4) is 6.07 Å². The number of hydrogen-bond donors (Lipinski definition) is 2. The van der Waals surface area contributed by atoms with E-state index in [1.165, 1.54) is 36.3 Å². The van der Waals surface area contributed by atoms with Crippen molar-refractivity contribution in [3.63, 3.8) is 0 Å². The van der Waals surface area contributed by atoms with Gasteiger partial charge in [-0.3, -0.25) is 4.79 Å². The molecule has 2 N–H and O–H groups in total. The van der Waals surface area contributed by atoms with Crippen molar-refractivity contribution in [3.05, 3.63) is 52.9 Å². The quantitative estimate of drug-likeness (QED) is 0.726. The average molecular weight is 377 g/mol. The van der Waals surface area contributed by atoms with E-state index in [9.17, 15) is 9.18 Å². The van der Waals surface area contributed by atoms with Gasteiger partial charge in [0.25, 0.3) is 5.91 Å². The van der Waals surface area contributed by atoms with Gasteiger partial charge in [-0.15, -0.1) is 0 Å². The standard InChI is InChI=1S/C17H14ClFN4OS/c18-13-8-12(1-2-14(13)19)22-16(24)11-3-6-21-15(7-11)23-25-10-17(9-20)4-5-17/h1-3,6-8H,4-5,10H2,(H,21,23)(H,22,24). The molecule has 0 bridgehead atoms. The number of halogens is 2. The molecule has 5 nitrogen and oxygen atoms in total. The summed E-state index contributed by atoms with van der Waals surface area (Å²) in [5.41, 5.74) is 0.593. The molecule has 128 valence electrons. The van der Waals surface area contributed by atoms with Gasteiger partial charge in [-0.05, 0) is 55.1 Å². The number of nitriles is 1. The van der Waals surface area contributed by atoms with Crippen molar-refractivity contribution in [1.29, 1.82) is 5.26 Å². The summed E-state index contributed by atoms with van der Waals surface area (Å²) in [4.78, 5) is 16.5. The van der Waals surface area contributed by atoms with Gasteiger partial charge in [-0.1, -0.05) is 11.6 Å². The molecule has 1 saturated carbocycles. The van der Waals surface area contributed by atoms with Gasteiger partial charge in [0.15, 0.2) is 0 Å². The van der Waals surface area contributed by atoms with Crippen LogP contribution in [0, 0.1) is 22.6 Å². The van der Waals surface area contributed by atoms with Gasteiger partial charge in [0.2, 0.25) is 0 Å². The smallest absolute Gasteiger partial charge is 0.255 e. The molecular weight excluding hydrogens is 363 g/mol. The Hall–Kier alpha value is -2.30. The minimum Gasteiger partial charge on any atom is -0.322 e. The summed E-state index contributed by atoms with van der Waals surface area (Å²) >= 11 is 7.11. The number of aromatic nitrogens is 1. The first kappa shape index (κ1) is 17.5. The maximum Gasteiger partial charge on any atom is 0.255 e. The van der Waals surface area contributed by atoms with E-state index in [-0.39, 0.29) is 16.3 Å². The maximum atomic E-state index is 13.2. The first-order chi connectivity index (χ1) is 12.0. The Balaban J connectivity index is 1.61. The number of pyridine rings is 1. The van der Waals surface area contributed by atoms with Gasteiger partial charge in [0.1, 0.15) is 11.6 Å². The molecule has 0 radical (unpaired) electrons. The molecule has 1 aliphatic rings. The average Bonchev–Trinajstić information content (AvgIpc) is 3.39. The Labute approximate surface area is 153 Å². The molecule has 1 aromatic carbocycles. The van der Waals surface area contributed by atoms with Crippen LogP contribution in [0.5, 0.6) is 0 Å². The second-order valence-corrected chi connectivity index (χ2v) is 6.98. The third-order valence-electron chi connectivity index (χ3n) is 3.82. The summed E-state index contributed by atoms with van der Waals surface area (Å²) in [6.45, 7) is 0. The van der Waals surface area contributed by atoms with Crippen LogP contribution in [-0.4, -0.2) is 16.6 Å². The fraction of sp³-hybridized carbons (Fsp3) is 0.235. The van der Waals surface area contributed by atoms with Gasteiger partial charge in [0, 0.05) is 23.2 Å². The Morgan fingerprint density at radius 2 is 2.20 bits per heavy atom. The number of nitrogens with one attached hydrogen (secondary N) is 2. The molecule has 2 aromatic rings. The molecule has 25 heavy (non-hydrogen) atoms. The molecule has 1 aliphatic carbocycles. The highest BCUT2D eigenvalue weighted by atomic mass is 35.5. The van der Waals surface area contributed by atoms with Crippen LogP contribution in [-0.2, 0) is 0 Å². The zero-order valence-electron chi connectivity index (χ0n) is 13.1. The lowest BCUT2D eigenvalue weighted by molar-refractivity contribution is 0.102. The molecule has 3 rings (SSSR count). The molecule has 0 atom stereocenters. The third-order valence-corrected chi connectivity index (χ3v) is 5.16. The number of nitrogens with zero attached hydrogens (tertiary/aromatic N) is 2. The van der Waals surface area contributed by atoms with E-state index < -0.39 is 5.82 Å². The van der Waals surface area contributed by atoms with Crippen LogP contribution in [0.25, 0.3) is 0 Å². The highest BCUT2D eigenvalue weighted by molar-refractivity contribution is 8.00. The molecule has 1 amide bonds. The van der Waals surface area contributed by atoms with Crippen molar-refractivity contribution >= 4 is 41.0 Å². The monoisotopic (exact) mass is 376 g/mol. The van der Waals surface area contributed by atoms with Crippen LogP contribution in [0.1, 0.15) is 23.2 Å². The minimum absolute atomic E-state index is 0.0576. The Morgan fingerprint density at radius 1 is 1.40 bits per heavy atom. The number of carbonyl (C=O) groups is 1. The van der Waals surface area contributed by atoms with Gasteiger partial charge in [-0.2, -0.15) is 5.26 Å².